The molecule has 0 saturated carbocycles. The molecule has 7 nitrogen and oxygen atoms in total. The van der Waals surface area contributed by atoms with Crippen molar-refractivity contribution in [2.24, 2.45) is 0 Å². The number of hydrogen-bond donors (Lipinski definition) is 0. The molecule has 1 fully saturated rings. The summed E-state index contributed by atoms with van der Waals surface area (Å²) < 4.78 is 24.7. The molecule has 2 aromatic heterocycles. The van der Waals surface area contributed by atoms with Gasteiger partial charge in [-0.3, -0.25) is 9.69 Å². The minimum atomic E-state index is -0.200. The second-order valence-corrected chi connectivity index (χ2v) is 8.39. The van der Waals surface area contributed by atoms with E-state index in [1.54, 1.807) is 19.2 Å². The van der Waals surface area contributed by atoms with Crippen LogP contribution in [0.3, 0.4) is 0 Å². The molecular weight excluding hydrogens is 435 g/mol. The summed E-state index contributed by atoms with van der Waals surface area (Å²) in [7, 11) is 1.61. The zero-order chi connectivity index (χ0) is 23.7. The molecular formula is C26H25FN4O3. The predicted molar refractivity (Wildman–Crippen MR) is 126 cm³/mol. The standard InChI is InChI=1S/C26H25FN4O3/c1-17-24-21(15-23(28-25(24)34-29-17)18-7-9-20(33-2)10-8-18)26(32)31-13-11-30(12-14-31)16-19-5-3-4-6-22(19)27/h3-10,15H,11-14,16H2,1-2H3. The summed E-state index contributed by atoms with van der Waals surface area (Å²) in [6.45, 7) is 4.79. The van der Waals surface area contributed by atoms with Gasteiger partial charge in [-0.05, 0) is 43.3 Å². The van der Waals surface area contributed by atoms with Gasteiger partial charge in [-0.15, -0.1) is 0 Å². The number of benzene rings is 2. The van der Waals surface area contributed by atoms with E-state index in [1.807, 2.05) is 48.2 Å². The van der Waals surface area contributed by atoms with Gasteiger partial charge >= 0.3 is 0 Å². The first-order valence-corrected chi connectivity index (χ1v) is 11.2. The van der Waals surface area contributed by atoms with Gasteiger partial charge in [0.2, 0.25) is 0 Å². The number of rotatable bonds is 5. The summed E-state index contributed by atoms with van der Waals surface area (Å²) in [6, 6.07) is 16.1. The van der Waals surface area contributed by atoms with Crippen LogP contribution in [0.5, 0.6) is 5.75 Å². The Labute approximate surface area is 196 Å². The lowest BCUT2D eigenvalue weighted by Gasteiger charge is -2.35. The van der Waals surface area contributed by atoms with Gasteiger partial charge in [0, 0.05) is 43.9 Å². The maximum atomic E-state index is 14.0. The fourth-order valence-corrected chi connectivity index (χ4v) is 4.32. The number of piperazine rings is 1. The summed E-state index contributed by atoms with van der Waals surface area (Å²) in [5.74, 6) is 0.457. The third kappa shape index (κ3) is 4.24. The number of halogens is 1. The van der Waals surface area contributed by atoms with E-state index in [0.29, 0.717) is 66.3 Å². The van der Waals surface area contributed by atoms with Crippen molar-refractivity contribution >= 4 is 17.0 Å². The lowest BCUT2D eigenvalue weighted by Crippen LogP contribution is -2.48. The Kier molecular flexibility index (Phi) is 5.98. The second-order valence-electron chi connectivity index (χ2n) is 8.39. The van der Waals surface area contributed by atoms with Crippen LogP contribution in [0, 0.1) is 12.7 Å². The van der Waals surface area contributed by atoms with Gasteiger partial charge in [-0.2, -0.15) is 0 Å². The SMILES string of the molecule is COc1ccc(-c2cc(C(=O)N3CCN(Cc4ccccc4F)CC3)c3c(C)noc3n2)cc1. The van der Waals surface area contributed by atoms with E-state index in [9.17, 15) is 9.18 Å². The first-order valence-electron chi connectivity index (χ1n) is 11.2. The Bertz CT molecular complexity index is 1330. The average molecular weight is 461 g/mol. The fourth-order valence-electron chi connectivity index (χ4n) is 4.32. The number of ether oxygens (including phenoxy) is 1. The summed E-state index contributed by atoms with van der Waals surface area (Å²) >= 11 is 0. The molecule has 0 spiro atoms. The Morgan fingerprint density at radius 1 is 1.09 bits per heavy atom. The van der Waals surface area contributed by atoms with Crippen LogP contribution in [-0.4, -0.2) is 59.1 Å². The first-order chi connectivity index (χ1) is 16.5. The molecule has 4 aromatic rings. The van der Waals surface area contributed by atoms with E-state index in [0.717, 1.165) is 11.3 Å². The second kappa shape index (κ2) is 9.23. The molecule has 1 saturated heterocycles. The molecule has 1 amide bonds. The van der Waals surface area contributed by atoms with Gasteiger partial charge in [0.15, 0.2) is 0 Å². The van der Waals surface area contributed by atoms with Crippen molar-refractivity contribution in [1.82, 2.24) is 19.9 Å². The normalized spacial score (nSPS) is 14.5. The highest BCUT2D eigenvalue weighted by Crippen LogP contribution is 2.29. The average Bonchev–Trinajstić information content (AvgIpc) is 3.25. The van der Waals surface area contributed by atoms with Gasteiger partial charge in [0.1, 0.15) is 11.6 Å². The molecule has 5 rings (SSSR count). The molecule has 8 heteroatoms. The maximum Gasteiger partial charge on any atom is 0.259 e. The Morgan fingerprint density at radius 3 is 2.53 bits per heavy atom. The zero-order valence-electron chi connectivity index (χ0n) is 19.1. The molecule has 0 unspecified atom stereocenters. The smallest absolute Gasteiger partial charge is 0.259 e. The van der Waals surface area contributed by atoms with Crippen LogP contribution in [0.1, 0.15) is 21.6 Å². The van der Waals surface area contributed by atoms with Gasteiger partial charge < -0.3 is 14.2 Å². The number of amides is 1. The van der Waals surface area contributed by atoms with Gasteiger partial charge in [-0.25, -0.2) is 9.37 Å². The molecule has 2 aromatic carbocycles. The van der Waals surface area contributed by atoms with Crippen molar-refractivity contribution in [3.05, 3.63) is 77.2 Å². The number of methoxy groups -OCH3 is 1. The van der Waals surface area contributed by atoms with Crippen molar-refractivity contribution < 1.29 is 18.4 Å². The van der Waals surface area contributed by atoms with E-state index < -0.39 is 0 Å². The first kappa shape index (κ1) is 22.0. The summed E-state index contributed by atoms with van der Waals surface area (Å²) in [5, 5.41) is 4.68. The van der Waals surface area contributed by atoms with Crippen LogP contribution in [-0.2, 0) is 6.54 Å². The molecule has 3 heterocycles. The van der Waals surface area contributed by atoms with Crippen LogP contribution >= 0.6 is 0 Å². The van der Waals surface area contributed by atoms with E-state index in [1.165, 1.54) is 6.07 Å². The number of hydrogen-bond acceptors (Lipinski definition) is 6. The Morgan fingerprint density at radius 2 is 1.82 bits per heavy atom. The molecule has 1 aliphatic rings. The fraction of sp³-hybridized carbons (Fsp3) is 0.269. The lowest BCUT2D eigenvalue weighted by molar-refractivity contribution is 0.0629. The van der Waals surface area contributed by atoms with E-state index in [4.69, 9.17) is 9.26 Å². The highest BCUT2D eigenvalue weighted by atomic mass is 19.1. The third-order valence-electron chi connectivity index (χ3n) is 6.24. The summed E-state index contributed by atoms with van der Waals surface area (Å²) in [4.78, 5) is 22.2. The van der Waals surface area contributed by atoms with Gasteiger partial charge in [0.05, 0.1) is 29.4 Å². The largest absolute Gasteiger partial charge is 0.497 e. The minimum Gasteiger partial charge on any atom is -0.497 e. The molecule has 0 atom stereocenters. The third-order valence-corrected chi connectivity index (χ3v) is 6.24. The minimum absolute atomic E-state index is 0.0843. The molecule has 174 valence electrons. The molecule has 0 bridgehead atoms. The summed E-state index contributed by atoms with van der Waals surface area (Å²) in [5.41, 5.74) is 3.64. The molecule has 0 N–H and O–H groups in total. The number of aromatic nitrogens is 2. The highest BCUT2D eigenvalue weighted by Gasteiger charge is 2.26. The van der Waals surface area contributed by atoms with Gasteiger partial charge in [-0.1, -0.05) is 23.4 Å². The molecule has 34 heavy (non-hydrogen) atoms. The Hall–Kier alpha value is -3.78. The number of aryl methyl sites for hydroxylation is 1. The quantitative estimate of drug-likeness (QED) is 0.442. The number of carbonyl (C=O) groups excluding carboxylic acids is 1. The van der Waals surface area contributed by atoms with Crippen molar-refractivity contribution in [2.75, 3.05) is 33.3 Å². The zero-order valence-corrected chi connectivity index (χ0v) is 19.1. The monoisotopic (exact) mass is 460 g/mol. The van der Waals surface area contributed by atoms with Crippen LogP contribution in [0.2, 0.25) is 0 Å². The van der Waals surface area contributed by atoms with Crippen LogP contribution in [0.25, 0.3) is 22.4 Å². The van der Waals surface area contributed by atoms with Crippen molar-refractivity contribution in [3.63, 3.8) is 0 Å². The van der Waals surface area contributed by atoms with E-state index in [2.05, 4.69) is 15.0 Å². The maximum absolute atomic E-state index is 14.0. The van der Waals surface area contributed by atoms with E-state index in [-0.39, 0.29) is 11.7 Å². The van der Waals surface area contributed by atoms with Crippen molar-refractivity contribution in [3.8, 4) is 17.0 Å². The molecule has 0 aliphatic carbocycles. The highest BCUT2D eigenvalue weighted by molar-refractivity contribution is 6.07. The lowest BCUT2D eigenvalue weighted by atomic mass is 10.0. The van der Waals surface area contributed by atoms with Crippen molar-refractivity contribution in [1.29, 1.82) is 0 Å². The van der Waals surface area contributed by atoms with Crippen LogP contribution in [0.15, 0.2) is 59.1 Å². The predicted octanol–water partition coefficient (Wildman–Crippen LogP) is 4.30. The summed E-state index contributed by atoms with van der Waals surface area (Å²) in [6.07, 6.45) is 0. The van der Waals surface area contributed by atoms with E-state index >= 15 is 0 Å². The number of fused-ring (bicyclic) bond motifs is 1. The molecule has 0 radical (unpaired) electrons. The van der Waals surface area contributed by atoms with Crippen LogP contribution < -0.4 is 4.74 Å². The van der Waals surface area contributed by atoms with Gasteiger partial charge in [0.25, 0.3) is 11.6 Å². The number of nitrogens with zero attached hydrogens (tertiary/aromatic N) is 4. The Balaban J connectivity index is 1.38. The topological polar surface area (TPSA) is 71.7 Å². The molecule has 1 aliphatic heterocycles. The number of pyridine rings is 1. The van der Waals surface area contributed by atoms with Crippen molar-refractivity contribution in [2.45, 2.75) is 13.5 Å². The van der Waals surface area contributed by atoms with Crippen LogP contribution in [0.4, 0.5) is 4.39 Å². The number of carbonyl (C=O) groups is 1.